The molecule has 0 saturated carbocycles. The van der Waals surface area contributed by atoms with Crippen LogP contribution in [0.5, 0.6) is 0 Å². The van der Waals surface area contributed by atoms with E-state index < -0.39 is 0 Å². The number of hydrogen-bond acceptors (Lipinski definition) is 2. The van der Waals surface area contributed by atoms with Gasteiger partial charge in [-0.25, -0.2) is 0 Å². The van der Waals surface area contributed by atoms with Gasteiger partial charge in [0.15, 0.2) is 0 Å². The van der Waals surface area contributed by atoms with Gasteiger partial charge in [-0.2, -0.15) is 0 Å². The van der Waals surface area contributed by atoms with Gasteiger partial charge in [0.05, 0.1) is 0 Å². The summed E-state index contributed by atoms with van der Waals surface area (Å²) in [5.74, 6) is -0.0450. The SMILES string of the molecule is CCCCC(C)(C)C(=O)OCC[TeH]. The van der Waals surface area contributed by atoms with Gasteiger partial charge >= 0.3 is 94.3 Å². The maximum absolute atomic E-state index is 11.5. The molecule has 0 spiro atoms. The van der Waals surface area contributed by atoms with Gasteiger partial charge in [-0.05, 0) is 0 Å². The third-order valence-corrected chi connectivity index (χ3v) is 2.55. The third kappa shape index (κ3) is 5.54. The molecular formula is C10H20O2Te. The Kier molecular flexibility index (Phi) is 6.81. The van der Waals surface area contributed by atoms with Crippen LogP contribution >= 0.6 is 0 Å². The number of esters is 1. The van der Waals surface area contributed by atoms with Crippen LogP contribution in [-0.2, 0) is 9.53 Å². The molecule has 0 fully saturated rings. The second-order valence-electron chi connectivity index (χ2n) is 3.85. The van der Waals surface area contributed by atoms with Gasteiger partial charge in [0.2, 0.25) is 0 Å². The van der Waals surface area contributed by atoms with Crippen molar-refractivity contribution in [2.45, 2.75) is 44.5 Å². The molecule has 0 rings (SSSR count). The van der Waals surface area contributed by atoms with Crippen molar-refractivity contribution in [2.24, 2.45) is 5.41 Å². The van der Waals surface area contributed by atoms with Crippen LogP contribution in [0.15, 0.2) is 0 Å². The minimum atomic E-state index is -0.295. The number of unbranched alkanes of at least 4 members (excludes halogenated alkanes) is 1. The van der Waals surface area contributed by atoms with Gasteiger partial charge in [-0.15, -0.1) is 0 Å². The first-order valence-corrected chi connectivity index (χ1v) is 6.63. The monoisotopic (exact) mass is 302 g/mol. The fourth-order valence-electron chi connectivity index (χ4n) is 1.05. The normalized spacial score (nSPS) is 11.4. The molecule has 78 valence electrons. The number of hydrogen-bond donors (Lipinski definition) is 0. The van der Waals surface area contributed by atoms with E-state index in [0.29, 0.717) is 6.61 Å². The van der Waals surface area contributed by atoms with Crippen LogP contribution in [0.3, 0.4) is 0 Å². The van der Waals surface area contributed by atoms with Crippen molar-refractivity contribution in [3.05, 3.63) is 0 Å². The Morgan fingerprint density at radius 1 is 1.46 bits per heavy atom. The molecule has 0 N–H and O–H groups in total. The second kappa shape index (κ2) is 6.67. The zero-order valence-corrected chi connectivity index (χ0v) is 11.4. The van der Waals surface area contributed by atoms with Gasteiger partial charge in [0.1, 0.15) is 0 Å². The molecule has 0 aromatic heterocycles. The van der Waals surface area contributed by atoms with Crippen LogP contribution in [0, 0.1) is 5.41 Å². The first-order valence-electron chi connectivity index (χ1n) is 4.82. The van der Waals surface area contributed by atoms with Crippen LogP contribution in [0.2, 0.25) is 4.47 Å². The molecule has 0 aromatic rings. The summed E-state index contributed by atoms with van der Waals surface area (Å²) in [4.78, 5) is 11.5. The molecule has 3 heteroatoms. The molecule has 0 unspecified atom stereocenters. The summed E-state index contributed by atoms with van der Waals surface area (Å²) in [6, 6.07) is 0. The zero-order valence-electron chi connectivity index (χ0n) is 8.80. The third-order valence-electron chi connectivity index (χ3n) is 2.03. The van der Waals surface area contributed by atoms with E-state index in [4.69, 9.17) is 4.74 Å². The Balaban J connectivity index is 3.87. The average molecular weight is 300 g/mol. The molecular weight excluding hydrogens is 280 g/mol. The summed E-state index contributed by atoms with van der Waals surface area (Å²) in [6.45, 7) is 6.63. The number of carbonyl (C=O) groups excluding carboxylic acids is 1. The molecule has 0 heterocycles. The van der Waals surface area contributed by atoms with Crippen LogP contribution in [0.25, 0.3) is 0 Å². The molecule has 0 aliphatic heterocycles. The van der Waals surface area contributed by atoms with Crippen LogP contribution < -0.4 is 0 Å². The predicted octanol–water partition coefficient (Wildman–Crippen LogP) is 2.07. The van der Waals surface area contributed by atoms with Crippen LogP contribution in [-0.4, -0.2) is 34.9 Å². The van der Waals surface area contributed by atoms with Crippen molar-refractivity contribution in [1.29, 1.82) is 0 Å². The summed E-state index contributed by atoms with van der Waals surface area (Å²) < 4.78 is 6.07. The zero-order chi connectivity index (χ0) is 10.3. The van der Waals surface area contributed by atoms with E-state index >= 15 is 0 Å². The number of rotatable bonds is 6. The summed E-state index contributed by atoms with van der Waals surface area (Å²) >= 11 is 1.68. The molecule has 0 aromatic carbocycles. The van der Waals surface area contributed by atoms with Crippen molar-refractivity contribution in [1.82, 2.24) is 0 Å². The van der Waals surface area contributed by atoms with Crippen LogP contribution in [0.1, 0.15) is 40.0 Å². The van der Waals surface area contributed by atoms with Crippen molar-refractivity contribution < 1.29 is 9.53 Å². The molecule has 0 radical (unpaired) electrons. The molecule has 0 saturated heterocycles. The number of carbonyl (C=O) groups is 1. The average Bonchev–Trinajstić information content (AvgIpc) is 2.10. The van der Waals surface area contributed by atoms with E-state index in [-0.39, 0.29) is 11.4 Å². The molecule has 0 aliphatic carbocycles. The summed E-state index contributed by atoms with van der Waals surface area (Å²) in [6.07, 6.45) is 3.15. The Morgan fingerprint density at radius 3 is 2.54 bits per heavy atom. The Bertz CT molecular complexity index is 155. The van der Waals surface area contributed by atoms with E-state index in [1.807, 2.05) is 13.8 Å². The van der Waals surface area contributed by atoms with Gasteiger partial charge in [-0.1, -0.05) is 0 Å². The van der Waals surface area contributed by atoms with Crippen molar-refractivity contribution in [3.8, 4) is 0 Å². The first kappa shape index (κ1) is 13.3. The Morgan fingerprint density at radius 2 is 2.08 bits per heavy atom. The summed E-state index contributed by atoms with van der Waals surface area (Å²) in [7, 11) is 0. The van der Waals surface area contributed by atoms with Crippen molar-refractivity contribution in [2.75, 3.05) is 6.61 Å². The first-order chi connectivity index (χ1) is 6.04. The molecule has 0 atom stereocenters. The predicted molar refractivity (Wildman–Crippen MR) is 56.2 cm³/mol. The fourth-order valence-corrected chi connectivity index (χ4v) is 1.32. The molecule has 0 bridgehead atoms. The quantitative estimate of drug-likeness (QED) is 0.554. The molecule has 2 nitrogen and oxygen atoms in total. The molecule has 0 amide bonds. The fraction of sp³-hybridized carbons (Fsp3) is 0.900. The summed E-state index contributed by atoms with van der Waals surface area (Å²) in [5, 5.41) is 0. The van der Waals surface area contributed by atoms with E-state index in [1.54, 1.807) is 22.3 Å². The number of ether oxygens (including phenoxy) is 1. The van der Waals surface area contributed by atoms with Gasteiger partial charge in [0.25, 0.3) is 0 Å². The topological polar surface area (TPSA) is 26.3 Å². The maximum atomic E-state index is 11.5. The van der Waals surface area contributed by atoms with Crippen molar-refractivity contribution >= 4 is 28.3 Å². The van der Waals surface area contributed by atoms with Gasteiger partial charge < -0.3 is 0 Å². The Hall–Kier alpha value is 0.260. The van der Waals surface area contributed by atoms with Gasteiger partial charge in [-0.3, -0.25) is 0 Å². The van der Waals surface area contributed by atoms with E-state index in [0.717, 1.165) is 23.7 Å². The Labute approximate surface area is 94.3 Å². The van der Waals surface area contributed by atoms with E-state index in [1.165, 1.54) is 0 Å². The van der Waals surface area contributed by atoms with Gasteiger partial charge in [0, 0.05) is 0 Å². The minimum absolute atomic E-state index is 0.0450. The standard InChI is InChI=1S/C10H20O2Te/c1-4-5-6-10(2,3)9(11)12-7-8-13/h13H,4-8H2,1-3H3. The summed E-state index contributed by atoms with van der Waals surface area (Å²) in [5.41, 5.74) is -0.295. The van der Waals surface area contributed by atoms with Crippen LogP contribution in [0.4, 0.5) is 0 Å². The molecule has 0 aliphatic rings. The van der Waals surface area contributed by atoms with E-state index in [9.17, 15) is 4.79 Å². The van der Waals surface area contributed by atoms with E-state index in [2.05, 4.69) is 6.92 Å². The van der Waals surface area contributed by atoms with Crippen molar-refractivity contribution in [3.63, 3.8) is 0 Å². The molecule has 13 heavy (non-hydrogen) atoms. The second-order valence-corrected chi connectivity index (χ2v) is 5.12.